The molecule has 0 aliphatic rings. The Bertz CT molecular complexity index is 2210. The molecule has 0 aliphatic carbocycles. The number of para-hydroxylation sites is 1. The van der Waals surface area contributed by atoms with E-state index >= 15 is 0 Å². The van der Waals surface area contributed by atoms with Gasteiger partial charge in [-0.25, -0.2) is 4.98 Å². The van der Waals surface area contributed by atoms with Gasteiger partial charge >= 0.3 is 0 Å². The predicted octanol–water partition coefficient (Wildman–Crippen LogP) is 11.1. The highest BCUT2D eigenvalue weighted by atomic mass is 15.0. The lowest BCUT2D eigenvalue weighted by molar-refractivity contribution is 1.13. The fourth-order valence-corrected chi connectivity index (χ4v) is 6.37. The minimum absolute atomic E-state index is 0.860. The highest BCUT2D eigenvalue weighted by molar-refractivity contribution is 5.93. The molecular formula is C43H31N3. The van der Waals surface area contributed by atoms with E-state index in [2.05, 4.69) is 144 Å². The van der Waals surface area contributed by atoms with Crippen molar-refractivity contribution in [3.05, 3.63) is 176 Å². The Hall–Kier alpha value is -6.06. The van der Waals surface area contributed by atoms with Gasteiger partial charge in [0.1, 0.15) is 0 Å². The number of aromatic nitrogens is 3. The van der Waals surface area contributed by atoms with E-state index in [-0.39, 0.29) is 0 Å². The molecular weight excluding hydrogens is 558 g/mol. The molecule has 0 radical (unpaired) electrons. The van der Waals surface area contributed by atoms with E-state index in [9.17, 15) is 0 Å². The summed E-state index contributed by atoms with van der Waals surface area (Å²) in [5, 5.41) is 1.28. The minimum Gasteiger partial charge on any atom is -0.309 e. The Labute approximate surface area is 269 Å². The summed E-state index contributed by atoms with van der Waals surface area (Å²) >= 11 is 0. The molecule has 218 valence electrons. The first kappa shape index (κ1) is 27.5. The van der Waals surface area contributed by atoms with Gasteiger partial charge in [0.05, 0.1) is 28.3 Å². The summed E-state index contributed by atoms with van der Waals surface area (Å²) in [4.78, 5) is 9.56. The van der Waals surface area contributed by atoms with Crippen LogP contribution in [0.15, 0.2) is 170 Å². The van der Waals surface area contributed by atoms with Crippen LogP contribution in [0.1, 0.15) is 5.56 Å². The van der Waals surface area contributed by atoms with Crippen molar-refractivity contribution in [1.29, 1.82) is 0 Å². The molecule has 0 N–H and O–H groups in total. The summed E-state index contributed by atoms with van der Waals surface area (Å²) in [6.45, 7) is 2.22. The van der Waals surface area contributed by atoms with Crippen molar-refractivity contribution in [1.82, 2.24) is 14.5 Å². The second kappa shape index (κ2) is 11.8. The molecule has 46 heavy (non-hydrogen) atoms. The molecule has 3 nitrogen and oxygen atoms in total. The van der Waals surface area contributed by atoms with E-state index in [4.69, 9.17) is 4.98 Å². The van der Waals surface area contributed by atoms with Gasteiger partial charge in [-0.3, -0.25) is 4.98 Å². The third-order valence-electron chi connectivity index (χ3n) is 8.67. The molecule has 0 aliphatic heterocycles. The van der Waals surface area contributed by atoms with Crippen molar-refractivity contribution in [3.63, 3.8) is 0 Å². The molecule has 0 bridgehead atoms. The summed E-state index contributed by atoms with van der Waals surface area (Å²) in [7, 11) is 0. The summed E-state index contributed by atoms with van der Waals surface area (Å²) in [6.07, 6.45) is 1.81. The zero-order chi connectivity index (χ0) is 30.9. The van der Waals surface area contributed by atoms with E-state index in [1.807, 2.05) is 42.6 Å². The van der Waals surface area contributed by atoms with E-state index in [1.165, 1.54) is 38.9 Å². The van der Waals surface area contributed by atoms with Gasteiger partial charge < -0.3 is 4.57 Å². The van der Waals surface area contributed by atoms with Crippen LogP contribution in [0.5, 0.6) is 0 Å². The molecule has 3 heteroatoms. The van der Waals surface area contributed by atoms with Gasteiger partial charge in [-0.15, -0.1) is 0 Å². The van der Waals surface area contributed by atoms with Crippen LogP contribution < -0.4 is 0 Å². The number of hydrogen-bond donors (Lipinski definition) is 0. The van der Waals surface area contributed by atoms with E-state index in [1.54, 1.807) is 0 Å². The maximum atomic E-state index is 4.98. The summed E-state index contributed by atoms with van der Waals surface area (Å²) in [5.41, 5.74) is 14.4. The maximum Gasteiger partial charge on any atom is 0.0899 e. The highest BCUT2D eigenvalue weighted by Gasteiger charge is 2.17. The van der Waals surface area contributed by atoms with Gasteiger partial charge in [-0.2, -0.15) is 0 Å². The van der Waals surface area contributed by atoms with E-state index < -0.39 is 0 Å². The van der Waals surface area contributed by atoms with Crippen LogP contribution in [0.3, 0.4) is 0 Å². The summed E-state index contributed by atoms with van der Waals surface area (Å²) in [5.74, 6) is 0. The van der Waals surface area contributed by atoms with E-state index in [0.717, 1.165) is 39.5 Å². The van der Waals surface area contributed by atoms with Crippen LogP contribution in [0.4, 0.5) is 0 Å². The van der Waals surface area contributed by atoms with Gasteiger partial charge in [-0.05, 0) is 82.8 Å². The van der Waals surface area contributed by atoms with Crippen molar-refractivity contribution in [2.45, 2.75) is 6.92 Å². The predicted molar refractivity (Wildman–Crippen MR) is 191 cm³/mol. The molecule has 0 unspecified atom stereocenters. The molecule has 0 atom stereocenters. The van der Waals surface area contributed by atoms with Crippen LogP contribution in [0.25, 0.3) is 72.7 Å². The number of benzene rings is 5. The Morgan fingerprint density at radius 1 is 0.435 bits per heavy atom. The van der Waals surface area contributed by atoms with Crippen LogP contribution in [-0.4, -0.2) is 14.5 Å². The average molecular weight is 590 g/mol. The van der Waals surface area contributed by atoms with Gasteiger partial charge in [0.2, 0.25) is 0 Å². The van der Waals surface area contributed by atoms with Crippen molar-refractivity contribution >= 4 is 10.9 Å². The fraction of sp³-hybridized carbons (Fsp3) is 0.0233. The van der Waals surface area contributed by atoms with Gasteiger partial charge in [0.25, 0.3) is 0 Å². The number of nitrogens with zero attached hydrogens (tertiary/aromatic N) is 3. The lowest BCUT2D eigenvalue weighted by Crippen LogP contribution is -1.97. The van der Waals surface area contributed by atoms with Gasteiger partial charge in [0, 0.05) is 22.8 Å². The zero-order valence-electron chi connectivity index (χ0n) is 25.5. The number of rotatable bonds is 6. The molecule has 0 fully saturated rings. The lowest BCUT2D eigenvalue weighted by atomic mass is 9.98. The summed E-state index contributed by atoms with van der Waals surface area (Å²) in [6, 6.07) is 57.6. The molecule has 3 aromatic heterocycles. The van der Waals surface area contributed by atoms with Crippen LogP contribution in [0, 0.1) is 6.92 Å². The first-order valence-corrected chi connectivity index (χ1v) is 15.6. The largest absolute Gasteiger partial charge is 0.309 e. The Balaban J connectivity index is 1.15. The number of pyridine rings is 2. The molecule has 5 aromatic carbocycles. The van der Waals surface area contributed by atoms with Gasteiger partial charge in [0.15, 0.2) is 0 Å². The first-order valence-electron chi connectivity index (χ1n) is 15.6. The van der Waals surface area contributed by atoms with Crippen LogP contribution in [0.2, 0.25) is 0 Å². The maximum absolute atomic E-state index is 4.98. The van der Waals surface area contributed by atoms with Crippen LogP contribution in [-0.2, 0) is 0 Å². The molecule has 0 amide bonds. The smallest absolute Gasteiger partial charge is 0.0899 e. The Morgan fingerprint density at radius 2 is 1.00 bits per heavy atom. The second-order valence-electron chi connectivity index (χ2n) is 11.5. The van der Waals surface area contributed by atoms with Gasteiger partial charge in [-0.1, -0.05) is 121 Å². The Kier molecular flexibility index (Phi) is 7.05. The standard InChI is InChI=1S/C43H31N3/c1-30-38-16-8-9-18-42(38)46(43(30)35-14-6-3-7-15-35)37-25-23-32(24-26-37)31-19-21-33(22-20-31)36-28-40(34-12-4-2-5-13-34)45-41(29-36)39-17-10-11-27-44-39/h2-29H,1H3. The first-order chi connectivity index (χ1) is 22.7. The third kappa shape index (κ3) is 5.08. The van der Waals surface area contributed by atoms with Crippen LogP contribution >= 0.6 is 0 Å². The molecule has 0 spiro atoms. The van der Waals surface area contributed by atoms with Crippen molar-refractivity contribution < 1.29 is 0 Å². The third-order valence-corrected chi connectivity index (χ3v) is 8.67. The van der Waals surface area contributed by atoms with Crippen molar-refractivity contribution in [2.75, 3.05) is 0 Å². The number of hydrogen-bond acceptors (Lipinski definition) is 2. The van der Waals surface area contributed by atoms with Crippen molar-refractivity contribution in [2.24, 2.45) is 0 Å². The minimum atomic E-state index is 0.860. The topological polar surface area (TPSA) is 30.7 Å². The monoisotopic (exact) mass is 589 g/mol. The summed E-state index contributed by atoms with van der Waals surface area (Å²) < 4.78 is 2.39. The normalized spacial score (nSPS) is 11.2. The molecule has 8 aromatic rings. The second-order valence-corrected chi connectivity index (χ2v) is 11.5. The van der Waals surface area contributed by atoms with E-state index in [0.29, 0.717) is 0 Å². The lowest BCUT2D eigenvalue weighted by Gasteiger charge is -2.13. The SMILES string of the molecule is Cc1c(-c2ccccc2)n(-c2ccc(-c3ccc(-c4cc(-c5ccccc5)nc(-c5ccccn5)c4)cc3)cc2)c2ccccc12. The molecule has 0 saturated carbocycles. The highest BCUT2D eigenvalue weighted by Crippen LogP contribution is 2.37. The molecule has 3 heterocycles. The molecule has 8 rings (SSSR count). The number of fused-ring (bicyclic) bond motifs is 1. The molecule has 0 saturated heterocycles. The quantitative estimate of drug-likeness (QED) is 0.193. The average Bonchev–Trinajstić information content (AvgIpc) is 3.44. The van der Waals surface area contributed by atoms with Crippen molar-refractivity contribution in [3.8, 4) is 61.8 Å². The number of aryl methyl sites for hydroxylation is 1. The Morgan fingerprint density at radius 3 is 1.67 bits per heavy atom. The zero-order valence-corrected chi connectivity index (χ0v) is 25.5. The fourth-order valence-electron chi connectivity index (χ4n) is 6.37.